The van der Waals surface area contributed by atoms with Crippen LogP contribution in [0.15, 0.2) is 35.9 Å². The molecule has 0 amide bonds. The second-order valence-corrected chi connectivity index (χ2v) is 2.89. The van der Waals surface area contributed by atoms with Gasteiger partial charge in [-0.15, -0.1) is 0 Å². The molecule has 0 fully saturated rings. The van der Waals surface area contributed by atoms with Gasteiger partial charge < -0.3 is 4.74 Å². The number of benzene rings is 1. The zero-order valence-corrected chi connectivity index (χ0v) is 8.40. The molecule has 0 aliphatic carbocycles. The fraction of sp³-hybridized carbons (Fsp3) is 0.167. The lowest BCUT2D eigenvalue weighted by atomic mass is 10.1. The Kier molecular flexibility index (Phi) is 3.94. The minimum atomic E-state index is 0.144. The maximum atomic E-state index is 8.53. The third-order valence-electron chi connectivity index (χ3n) is 1.94. The average molecular weight is 198 g/mol. The first kappa shape index (κ1) is 10.8. The monoisotopic (exact) mass is 198 g/mol. The van der Waals surface area contributed by atoms with Gasteiger partial charge in [0.1, 0.15) is 23.5 Å². The minimum absolute atomic E-state index is 0.144. The van der Waals surface area contributed by atoms with E-state index in [2.05, 4.69) is 0 Å². The first-order valence-electron chi connectivity index (χ1n) is 4.43. The van der Waals surface area contributed by atoms with Gasteiger partial charge in [-0.25, -0.2) is 0 Å². The Bertz CT molecular complexity index is 416. The highest BCUT2D eigenvalue weighted by molar-refractivity contribution is 5.37. The normalized spacial score (nSPS) is 8.47. The van der Waals surface area contributed by atoms with Gasteiger partial charge in [-0.05, 0) is 24.1 Å². The number of nitrogens with zero attached hydrogens (tertiary/aromatic N) is 2. The largest absolute Gasteiger partial charge is 0.497 e. The van der Waals surface area contributed by atoms with Crippen molar-refractivity contribution in [3.63, 3.8) is 0 Å². The van der Waals surface area contributed by atoms with Crippen LogP contribution in [0.25, 0.3) is 0 Å². The van der Waals surface area contributed by atoms with Crippen molar-refractivity contribution in [3.05, 3.63) is 41.5 Å². The summed E-state index contributed by atoms with van der Waals surface area (Å²) in [6.45, 7) is 0. The molecule has 0 saturated carbocycles. The van der Waals surface area contributed by atoms with Crippen LogP contribution in [0.1, 0.15) is 5.56 Å². The van der Waals surface area contributed by atoms with Crippen molar-refractivity contribution in [2.24, 2.45) is 0 Å². The number of nitriles is 2. The van der Waals surface area contributed by atoms with E-state index in [0.29, 0.717) is 6.42 Å². The summed E-state index contributed by atoms with van der Waals surface area (Å²) < 4.78 is 5.02. The molecule has 0 aromatic heterocycles. The van der Waals surface area contributed by atoms with Crippen molar-refractivity contribution in [1.29, 1.82) is 10.5 Å². The molecule has 1 aromatic carbocycles. The van der Waals surface area contributed by atoms with Crippen LogP contribution in [-0.2, 0) is 6.42 Å². The number of hydrogen-bond donors (Lipinski definition) is 0. The second kappa shape index (κ2) is 5.47. The molecule has 0 radical (unpaired) electrons. The van der Waals surface area contributed by atoms with E-state index in [4.69, 9.17) is 15.3 Å². The van der Waals surface area contributed by atoms with Gasteiger partial charge in [0.05, 0.1) is 7.11 Å². The molecule has 0 saturated heterocycles. The van der Waals surface area contributed by atoms with Gasteiger partial charge in [-0.2, -0.15) is 10.5 Å². The SMILES string of the molecule is COc1ccc(CC=C(C#N)C#N)cc1. The summed E-state index contributed by atoms with van der Waals surface area (Å²) in [7, 11) is 1.61. The van der Waals surface area contributed by atoms with Crippen LogP contribution in [0.5, 0.6) is 5.75 Å². The molecule has 0 unspecified atom stereocenters. The van der Waals surface area contributed by atoms with E-state index in [0.717, 1.165) is 11.3 Å². The van der Waals surface area contributed by atoms with Gasteiger partial charge in [0, 0.05) is 0 Å². The maximum Gasteiger partial charge on any atom is 0.126 e. The molecule has 1 rings (SSSR count). The smallest absolute Gasteiger partial charge is 0.126 e. The van der Waals surface area contributed by atoms with E-state index in [1.807, 2.05) is 36.4 Å². The molecule has 1 aromatic rings. The lowest BCUT2D eigenvalue weighted by Gasteiger charge is -2.00. The Morgan fingerprint density at radius 2 is 1.87 bits per heavy atom. The highest BCUT2D eigenvalue weighted by atomic mass is 16.5. The lowest BCUT2D eigenvalue weighted by Crippen LogP contribution is -1.85. The van der Waals surface area contributed by atoms with Crippen LogP contribution in [0.3, 0.4) is 0 Å². The summed E-state index contributed by atoms with van der Waals surface area (Å²) in [6.07, 6.45) is 2.20. The van der Waals surface area contributed by atoms with Crippen LogP contribution < -0.4 is 4.74 Å². The molecular formula is C12H10N2O. The summed E-state index contributed by atoms with van der Waals surface area (Å²) in [5, 5.41) is 17.1. The highest BCUT2D eigenvalue weighted by Crippen LogP contribution is 2.12. The van der Waals surface area contributed by atoms with Gasteiger partial charge in [-0.1, -0.05) is 18.2 Å². The first-order chi connectivity index (χ1) is 7.30. The summed E-state index contributed by atoms with van der Waals surface area (Å²) in [6, 6.07) is 11.1. The second-order valence-electron chi connectivity index (χ2n) is 2.89. The molecule has 3 nitrogen and oxygen atoms in total. The number of allylic oxidation sites excluding steroid dienone is 2. The average Bonchev–Trinajstić information content (AvgIpc) is 2.31. The molecule has 0 aliphatic heterocycles. The van der Waals surface area contributed by atoms with E-state index >= 15 is 0 Å². The van der Waals surface area contributed by atoms with Crippen molar-refractivity contribution >= 4 is 0 Å². The number of methoxy groups -OCH3 is 1. The van der Waals surface area contributed by atoms with Crippen molar-refractivity contribution in [1.82, 2.24) is 0 Å². The van der Waals surface area contributed by atoms with Crippen molar-refractivity contribution in [2.75, 3.05) is 7.11 Å². The van der Waals surface area contributed by atoms with Crippen LogP contribution in [0, 0.1) is 22.7 Å². The summed E-state index contributed by atoms with van der Waals surface area (Å²) >= 11 is 0. The Morgan fingerprint density at radius 3 is 2.33 bits per heavy atom. The van der Waals surface area contributed by atoms with E-state index in [1.54, 1.807) is 13.2 Å². The van der Waals surface area contributed by atoms with E-state index in [-0.39, 0.29) is 5.57 Å². The Balaban J connectivity index is 2.71. The van der Waals surface area contributed by atoms with Gasteiger partial charge >= 0.3 is 0 Å². The summed E-state index contributed by atoms with van der Waals surface area (Å²) in [5.74, 6) is 0.795. The van der Waals surface area contributed by atoms with Crippen molar-refractivity contribution in [3.8, 4) is 17.9 Å². The third kappa shape index (κ3) is 3.17. The number of hydrogen-bond acceptors (Lipinski definition) is 3. The first-order valence-corrected chi connectivity index (χ1v) is 4.43. The summed E-state index contributed by atoms with van der Waals surface area (Å²) in [5.41, 5.74) is 1.18. The van der Waals surface area contributed by atoms with Gasteiger partial charge in [0.25, 0.3) is 0 Å². The number of ether oxygens (including phenoxy) is 1. The molecular weight excluding hydrogens is 188 g/mol. The topological polar surface area (TPSA) is 56.8 Å². The maximum absolute atomic E-state index is 8.53. The van der Waals surface area contributed by atoms with Crippen molar-refractivity contribution in [2.45, 2.75) is 6.42 Å². The standard InChI is InChI=1S/C12H10N2O/c1-15-12-6-4-10(5-7-12)2-3-11(8-13)9-14/h3-7H,2H2,1H3. The highest BCUT2D eigenvalue weighted by Gasteiger charge is 1.94. The Hall–Kier alpha value is -2.26. The predicted molar refractivity (Wildman–Crippen MR) is 56.0 cm³/mol. The molecule has 74 valence electrons. The quantitative estimate of drug-likeness (QED) is 0.699. The van der Waals surface area contributed by atoms with Crippen molar-refractivity contribution < 1.29 is 4.74 Å². The molecule has 0 N–H and O–H groups in total. The molecule has 0 bridgehead atoms. The van der Waals surface area contributed by atoms with E-state index < -0.39 is 0 Å². The van der Waals surface area contributed by atoms with Gasteiger partial charge in [-0.3, -0.25) is 0 Å². The van der Waals surface area contributed by atoms with Crippen LogP contribution in [0.2, 0.25) is 0 Å². The fourth-order valence-electron chi connectivity index (χ4n) is 1.10. The molecule has 3 heteroatoms. The molecule has 0 heterocycles. The molecule has 0 atom stereocenters. The van der Waals surface area contributed by atoms with Crippen LogP contribution in [-0.4, -0.2) is 7.11 Å². The molecule has 15 heavy (non-hydrogen) atoms. The fourth-order valence-corrected chi connectivity index (χ4v) is 1.10. The van der Waals surface area contributed by atoms with Crippen LogP contribution >= 0.6 is 0 Å². The predicted octanol–water partition coefficient (Wildman–Crippen LogP) is 2.21. The zero-order chi connectivity index (χ0) is 11.1. The van der Waals surface area contributed by atoms with Gasteiger partial charge in [0.2, 0.25) is 0 Å². The lowest BCUT2D eigenvalue weighted by molar-refractivity contribution is 0.414. The molecule has 0 spiro atoms. The third-order valence-corrected chi connectivity index (χ3v) is 1.94. The minimum Gasteiger partial charge on any atom is -0.497 e. The number of rotatable bonds is 3. The summed E-state index contributed by atoms with van der Waals surface area (Å²) in [4.78, 5) is 0. The Morgan fingerprint density at radius 1 is 1.27 bits per heavy atom. The molecule has 0 aliphatic rings. The zero-order valence-electron chi connectivity index (χ0n) is 8.40. The van der Waals surface area contributed by atoms with Crippen LogP contribution in [0.4, 0.5) is 0 Å². The van der Waals surface area contributed by atoms with E-state index in [9.17, 15) is 0 Å². The Labute approximate surface area is 88.8 Å². The van der Waals surface area contributed by atoms with Gasteiger partial charge in [0.15, 0.2) is 0 Å². The van der Waals surface area contributed by atoms with E-state index in [1.165, 1.54) is 0 Å².